The van der Waals surface area contributed by atoms with E-state index in [1.54, 1.807) is 18.3 Å². The molecule has 0 spiro atoms. The van der Waals surface area contributed by atoms with Crippen LogP contribution in [0.3, 0.4) is 0 Å². The molecule has 1 fully saturated rings. The number of rotatable bonds is 8. The highest BCUT2D eigenvalue weighted by Gasteiger charge is 2.34. The molecule has 1 unspecified atom stereocenters. The van der Waals surface area contributed by atoms with Gasteiger partial charge in [-0.3, -0.25) is 9.59 Å². The predicted octanol–water partition coefficient (Wildman–Crippen LogP) is 3.57. The summed E-state index contributed by atoms with van der Waals surface area (Å²) in [5, 5.41) is 0.801. The molecule has 2 heterocycles. The molecule has 0 aliphatic carbocycles. The van der Waals surface area contributed by atoms with Crippen molar-refractivity contribution in [1.29, 1.82) is 0 Å². The van der Waals surface area contributed by atoms with E-state index in [4.69, 9.17) is 9.47 Å². The van der Waals surface area contributed by atoms with Crippen LogP contribution < -0.4 is 4.74 Å². The Morgan fingerprint density at radius 2 is 1.91 bits per heavy atom. The molecule has 3 aromatic rings. The van der Waals surface area contributed by atoms with Crippen molar-refractivity contribution in [3.8, 4) is 5.75 Å². The van der Waals surface area contributed by atoms with Crippen LogP contribution in [0.1, 0.15) is 35.7 Å². The van der Waals surface area contributed by atoms with Crippen molar-refractivity contribution in [1.82, 2.24) is 9.29 Å². The van der Waals surface area contributed by atoms with Crippen LogP contribution in [0.4, 0.5) is 0 Å². The fourth-order valence-electron chi connectivity index (χ4n) is 4.32. The number of nitrogens with one attached hydrogen (secondary N) is 1. The Morgan fingerprint density at radius 1 is 1.15 bits per heavy atom. The first-order valence-electron chi connectivity index (χ1n) is 11.3. The smallest absolute Gasteiger partial charge is 0.310 e. The third-order valence-corrected chi connectivity index (χ3v) is 8.12. The molecule has 2 aromatic carbocycles. The summed E-state index contributed by atoms with van der Waals surface area (Å²) in [5.41, 5.74) is 2.49. The minimum absolute atomic E-state index is 0.0222. The lowest BCUT2D eigenvalue weighted by Gasteiger charge is -2.30. The van der Waals surface area contributed by atoms with Crippen LogP contribution in [0.2, 0.25) is 0 Å². The number of carbonyl (C=O) groups excluding carboxylic acids is 2. The van der Waals surface area contributed by atoms with Gasteiger partial charge in [0.15, 0.2) is 6.61 Å². The van der Waals surface area contributed by atoms with Gasteiger partial charge in [-0.05, 0) is 49.1 Å². The number of aromatic amines is 1. The van der Waals surface area contributed by atoms with Gasteiger partial charge in [-0.15, -0.1) is 0 Å². The van der Waals surface area contributed by atoms with Crippen LogP contribution in [-0.2, 0) is 26.0 Å². The number of ether oxygens (including phenoxy) is 2. The summed E-state index contributed by atoms with van der Waals surface area (Å²) in [5.74, 6) is -0.919. The van der Waals surface area contributed by atoms with Gasteiger partial charge in [0.05, 0.1) is 17.9 Å². The molecular formula is C25H28N2O6S. The largest absolute Gasteiger partial charge is 0.497 e. The predicted molar refractivity (Wildman–Crippen MR) is 127 cm³/mol. The lowest BCUT2D eigenvalue weighted by molar-refractivity contribution is -0.148. The quantitative estimate of drug-likeness (QED) is 0.387. The third kappa shape index (κ3) is 4.71. The first kappa shape index (κ1) is 24.0. The van der Waals surface area contributed by atoms with Crippen molar-refractivity contribution in [3.05, 3.63) is 59.8 Å². The van der Waals surface area contributed by atoms with Crippen molar-refractivity contribution >= 4 is 32.7 Å². The maximum absolute atomic E-state index is 13.0. The molecule has 1 aromatic heterocycles. The molecule has 0 bridgehead atoms. The normalized spacial score (nSPS) is 16.9. The summed E-state index contributed by atoms with van der Waals surface area (Å²) in [6.07, 6.45) is 3.52. The summed E-state index contributed by atoms with van der Waals surface area (Å²) in [6, 6.07) is 11.9. The molecule has 8 nitrogen and oxygen atoms in total. The number of methoxy groups -OCH3 is 1. The summed E-state index contributed by atoms with van der Waals surface area (Å²) in [6.45, 7) is 2.01. The second-order valence-electron chi connectivity index (χ2n) is 8.30. The van der Waals surface area contributed by atoms with Gasteiger partial charge < -0.3 is 14.5 Å². The zero-order valence-electron chi connectivity index (χ0n) is 19.2. The topological polar surface area (TPSA) is 106 Å². The van der Waals surface area contributed by atoms with Gasteiger partial charge in [0.25, 0.3) is 0 Å². The molecule has 1 saturated heterocycles. The molecular weight excluding hydrogens is 456 g/mol. The molecule has 0 saturated carbocycles. The van der Waals surface area contributed by atoms with Gasteiger partial charge in [-0.25, -0.2) is 8.42 Å². The van der Waals surface area contributed by atoms with Crippen LogP contribution in [0.15, 0.2) is 53.6 Å². The molecule has 4 rings (SSSR count). The first-order chi connectivity index (χ1) is 16.3. The van der Waals surface area contributed by atoms with E-state index >= 15 is 0 Å². The van der Waals surface area contributed by atoms with E-state index in [9.17, 15) is 18.0 Å². The van der Waals surface area contributed by atoms with Gasteiger partial charge in [0.2, 0.25) is 15.8 Å². The number of H-pyrrole nitrogens is 1. The summed E-state index contributed by atoms with van der Waals surface area (Å²) in [7, 11) is -2.24. The van der Waals surface area contributed by atoms with Crippen molar-refractivity contribution in [2.24, 2.45) is 5.92 Å². The van der Waals surface area contributed by atoms with Crippen molar-refractivity contribution in [2.75, 3.05) is 26.8 Å². The van der Waals surface area contributed by atoms with Crippen molar-refractivity contribution in [3.63, 3.8) is 0 Å². The third-order valence-electron chi connectivity index (χ3n) is 6.24. The summed E-state index contributed by atoms with van der Waals surface area (Å²) >= 11 is 0. The number of piperidine rings is 1. The Bertz CT molecular complexity index is 1300. The Labute approximate surface area is 198 Å². The van der Waals surface area contributed by atoms with Crippen LogP contribution in [0.5, 0.6) is 5.75 Å². The minimum atomic E-state index is -3.75. The van der Waals surface area contributed by atoms with Gasteiger partial charge in [-0.2, -0.15) is 4.31 Å². The first-order valence-corrected chi connectivity index (χ1v) is 12.7. The summed E-state index contributed by atoms with van der Waals surface area (Å²) in [4.78, 5) is 28.7. The number of sulfonamides is 1. The number of para-hydroxylation sites is 1. The van der Waals surface area contributed by atoms with Crippen molar-refractivity contribution < 1.29 is 27.5 Å². The second-order valence-corrected chi connectivity index (χ2v) is 10.2. The number of nitrogens with zero attached hydrogens (tertiary/aromatic N) is 1. The highest BCUT2D eigenvalue weighted by molar-refractivity contribution is 7.89. The zero-order valence-corrected chi connectivity index (χ0v) is 20.1. The standard InChI is InChI=1S/C25H28N2O6S/c1-3-17-6-4-8-21-22(14-26-24(17)21)23(28)16-33-25(29)18-7-5-13-27(15-18)34(30,31)20-11-9-19(32-2)10-12-20/h4,6,8-12,14,18,26H,3,5,7,13,15-16H2,1-2H3. The number of hydrogen-bond acceptors (Lipinski definition) is 6. The molecule has 0 radical (unpaired) electrons. The Hall–Kier alpha value is -3.17. The Morgan fingerprint density at radius 3 is 2.62 bits per heavy atom. The van der Waals surface area contributed by atoms with Crippen LogP contribution in [-0.4, -0.2) is 56.3 Å². The lowest BCUT2D eigenvalue weighted by atomic mass is 10.00. The number of ketones is 1. The van der Waals surface area contributed by atoms with E-state index in [0.717, 1.165) is 22.9 Å². The molecule has 180 valence electrons. The number of fused-ring (bicyclic) bond motifs is 1. The molecule has 1 N–H and O–H groups in total. The number of aromatic nitrogens is 1. The fourth-order valence-corrected chi connectivity index (χ4v) is 5.85. The highest BCUT2D eigenvalue weighted by Crippen LogP contribution is 2.26. The zero-order chi connectivity index (χ0) is 24.3. The molecule has 1 aliphatic rings. The second kappa shape index (κ2) is 9.99. The summed E-state index contributed by atoms with van der Waals surface area (Å²) < 4.78 is 37.8. The monoisotopic (exact) mass is 484 g/mol. The number of benzene rings is 2. The number of aryl methyl sites for hydroxylation is 1. The Balaban J connectivity index is 1.40. The van der Waals surface area contributed by atoms with Gasteiger partial charge >= 0.3 is 5.97 Å². The SMILES string of the molecule is CCc1cccc2c(C(=O)COC(=O)C3CCCN(S(=O)(=O)c4ccc(OC)cc4)C3)c[nH]c12. The maximum Gasteiger partial charge on any atom is 0.310 e. The van der Waals surface area contributed by atoms with E-state index in [-0.39, 0.29) is 23.8 Å². The van der Waals surface area contributed by atoms with E-state index in [1.807, 2.05) is 25.1 Å². The number of Topliss-reactive ketones (excluding diaryl/α,β-unsaturated/α-hetero) is 1. The van der Waals surface area contributed by atoms with Crippen LogP contribution in [0.25, 0.3) is 10.9 Å². The maximum atomic E-state index is 13.0. The van der Waals surface area contributed by atoms with Crippen LogP contribution >= 0.6 is 0 Å². The van der Waals surface area contributed by atoms with Crippen molar-refractivity contribution in [2.45, 2.75) is 31.1 Å². The number of esters is 1. The average molecular weight is 485 g/mol. The molecule has 9 heteroatoms. The molecule has 0 amide bonds. The van der Waals surface area contributed by atoms with Gasteiger partial charge in [0.1, 0.15) is 5.75 Å². The molecule has 34 heavy (non-hydrogen) atoms. The number of carbonyl (C=O) groups is 2. The average Bonchev–Trinajstić information content (AvgIpc) is 3.31. The van der Waals surface area contributed by atoms with E-state index in [0.29, 0.717) is 30.7 Å². The van der Waals surface area contributed by atoms with Gasteiger partial charge in [-0.1, -0.05) is 25.1 Å². The van der Waals surface area contributed by atoms with Crippen LogP contribution in [0, 0.1) is 5.92 Å². The van der Waals surface area contributed by atoms with E-state index in [2.05, 4.69) is 4.98 Å². The van der Waals surface area contributed by atoms with E-state index in [1.165, 1.54) is 23.5 Å². The number of hydrogen-bond donors (Lipinski definition) is 1. The van der Waals surface area contributed by atoms with E-state index < -0.39 is 21.9 Å². The highest BCUT2D eigenvalue weighted by atomic mass is 32.2. The lowest BCUT2D eigenvalue weighted by Crippen LogP contribution is -2.42. The minimum Gasteiger partial charge on any atom is -0.497 e. The fraction of sp³-hybridized carbons (Fsp3) is 0.360. The molecule has 1 atom stereocenters. The van der Waals surface area contributed by atoms with Gasteiger partial charge in [0, 0.05) is 35.8 Å². The molecule has 1 aliphatic heterocycles. The Kier molecular flexibility index (Phi) is 7.04.